The summed E-state index contributed by atoms with van der Waals surface area (Å²) in [5, 5.41) is 6.74. The van der Waals surface area contributed by atoms with Crippen LogP contribution in [0.5, 0.6) is 17.4 Å². The number of nitrogens with zero attached hydrogens (tertiary/aromatic N) is 2. The molecule has 1 fully saturated rings. The Bertz CT molecular complexity index is 761. The van der Waals surface area contributed by atoms with Gasteiger partial charge < -0.3 is 20.1 Å². The van der Waals surface area contributed by atoms with Crippen molar-refractivity contribution in [2.75, 3.05) is 13.2 Å². The highest BCUT2D eigenvalue weighted by Gasteiger charge is 2.33. The summed E-state index contributed by atoms with van der Waals surface area (Å²) >= 11 is 0. The molecule has 1 aromatic carbocycles. The molecule has 1 aromatic heterocycles. The summed E-state index contributed by atoms with van der Waals surface area (Å²) in [7, 11) is 0. The lowest BCUT2D eigenvalue weighted by Crippen LogP contribution is -2.39. The number of hydrogen-bond donors (Lipinski definition) is 2. The molecule has 27 heavy (non-hydrogen) atoms. The van der Waals surface area contributed by atoms with Crippen LogP contribution < -0.4 is 20.1 Å². The fraction of sp³-hybridized carbons (Fsp3) is 0.429. The van der Waals surface area contributed by atoms with E-state index in [4.69, 9.17) is 9.47 Å². The van der Waals surface area contributed by atoms with Gasteiger partial charge in [-0.1, -0.05) is 25.1 Å². The van der Waals surface area contributed by atoms with Gasteiger partial charge in [-0.15, -0.1) is 0 Å². The van der Waals surface area contributed by atoms with Crippen LogP contribution in [0.3, 0.4) is 0 Å². The van der Waals surface area contributed by atoms with Crippen molar-refractivity contribution in [3.8, 4) is 17.4 Å². The molecule has 0 bridgehead atoms. The third-order valence-corrected chi connectivity index (χ3v) is 4.36. The van der Waals surface area contributed by atoms with Crippen molar-refractivity contribution in [2.24, 2.45) is 10.9 Å². The summed E-state index contributed by atoms with van der Waals surface area (Å²) in [5.74, 6) is 3.50. The highest BCUT2D eigenvalue weighted by molar-refractivity contribution is 5.80. The van der Waals surface area contributed by atoms with E-state index in [0.29, 0.717) is 36.6 Å². The zero-order chi connectivity index (χ0) is 19.1. The molecule has 144 valence electrons. The average Bonchev–Trinajstić information content (AvgIpc) is 3.37. The second kappa shape index (κ2) is 9.26. The van der Waals surface area contributed by atoms with Crippen molar-refractivity contribution in [3.63, 3.8) is 0 Å². The van der Waals surface area contributed by atoms with E-state index in [0.717, 1.165) is 24.0 Å². The van der Waals surface area contributed by atoms with Gasteiger partial charge in [-0.25, -0.2) is 9.98 Å². The molecule has 6 heteroatoms. The van der Waals surface area contributed by atoms with E-state index < -0.39 is 0 Å². The topological polar surface area (TPSA) is 67.8 Å². The number of hydrogen-bond acceptors (Lipinski definition) is 4. The minimum absolute atomic E-state index is 0.534. The van der Waals surface area contributed by atoms with E-state index in [9.17, 15) is 0 Å². The first-order valence-corrected chi connectivity index (χ1v) is 9.59. The molecule has 2 unspecified atom stereocenters. The van der Waals surface area contributed by atoms with Gasteiger partial charge in [0.25, 0.3) is 0 Å². The Kier molecular flexibility index (Phi) is 6.52. The number of rotatable bonds is 8. The molecule has 2 N–H and O–H groups in total. The summed E-state index contributed by atoms with van der Waals surface area (Å²) in [6.45, 7) is 8.27. The van der Waals surface area contributed by atoms with Gasteiger partial charge in [-0.05, 0) is 43.9 Å². The number of aliphatic imine (C=N–C) groups is 1. The molecule has 6 nitrogen and oxygen atoms in total. The van der Waals surface area contributed by atoms with Crippen molar-refractivity contribution in [1.29, 1.82) is 0 Å². The smallest absolute Gasteiger partial charge is 0.219 e. The number of guanidine groups is 1. The molecule has 2 aromatic rings. The van der Waals surface area contributed by atoms with E-state index in [-0.39, 0.29) is 0 Å². The van der Waals surface area contributed by atoms with Crippen LogP contribution in [0, 0.1) is 5.92 Å². The van der Waals surface area contributed by atoms with Crippen LogP contribution in [-0.2, 0) is 6.54 Å². The monoisotopic (exact) mass is 368 g/mol. The van der Waals surface area contributed by atoms with Crippen LogP contribution in [0.25, 0.3) is 0 Å². The fourth-order valence-electron chi connectivity index (χ4n) is 2.68. The van der Waals surface area contributed by atoms with Gasteiger partial charge in [0.1, 0.15) is 0 Å². The number of benzene rings is 1. The molecular weight excluding hydrogens is 340 g/mol. The minimum Gasteiger partial charge on any atom is -0.490 e. The van der Waals surface area contributed by atoms with Gasteiger partial charge >= 0.3 is 0 Å². The summed E-state index contributed by atoms with van der Waals surface area (Å²) in [4.78, 5) is 9.04. The van der Waals surface area contributed by atoms with Crippen LogP contribution in [0.4, 0.5) is 0 Å². The third-order valence-electron chi connectivity index (χ3n) is 4.36. The van der Waals surface area contributed by atoms with Crippen molar-refractivity contribution >= 4 is 5.96 Å². The zero-order valence-corrected chi connectivity index (χ0v) is 16.2. The third kappa shape index (κ3) is 5.61. The first-order valence-electron chi connectivity index (χ1n) is 9.59. The number of nitrogens with one attached hydrogen (secondary N) is 2. The number of ether oxygens (including phenoxy) is 2. The fourth-order valence-corrected chi connectivity index (χ4v) is 2.68. The van der Waals surface area contributed by atoms with E-state index in [1.165, 1.54) is 6.42 Å². The van der Waals surface area contributed by atoms with Crippen LogP contribution in [-0.4, -0.2) is 30.1 Å². The van der Waals surface area contributed by atoms with Crippen molar-refractivity contribution in [3.05, 3.63) is 48.2 Å². The second-order valence-corrected chi connectivity index (χ2v) is 6.65. The lowest BCUT2D eigenvalue weighted by molar-refractivity contribution is 0.319. The van der Waals surface area contributed by atoms with Crippen LogP contribution >= 0.6 is 0 Å². The predicted octanol–water partition coefficient (Wildman–Crippen LogP) is 3.74. The Labute approximate surface area is 161 Å². The van der Waals surface area contributed by atoms with E-state index >= 15 is 0 Å². The number of pyridine rings is 1. The summed E-state index contributed by atoms with van der Waals surface area (Å²) < 4.78 is 11.4. The molecule has 0 spiro atoms. The summed E-state index contributed by atoms with van der Waals surface area (Å²) in [6, 6.07) is 12.0. The summed E-state index contributed by atoms with van der Waals surface area (Å²) in [5.41, 5.74) is 1.03. The first-order chi connectivity index (χ1) is 13.2. The van der Waals surface area contributed by atoms with Gasteiger partial charge in [0.15, 0.2) is 17.5 Å². The molecule has 1 heterocycles. The Morgan fingerprint density at radius 2 is 1.96 bits per heavy atom. The molecule has 1 aliphatic carbocycles. The van der Waals surface area contributed by atoms with E-state index in [1.54, 1.807) is 6.20 Å². The largest absolute Gasteiger partial charge is 0.490 e. The number of para-hydroxylation sites is 2. The Morgan fingerprint density at radius 1 is 1.19 bits per heavy atom. The van der Waals surface area contributed by atoms with Crippen LogP contribution in [0.2, 0.25) is 0 Å². The molecule has 2 atom stereocenters. The zero-order valence-electron chi connectivity index (χ0n) is 16.2. The molecule has 1 saturated carbocycles. The molecule has 0 saturated heterocycles. The minimum atomic E-state index is 0.534. The maximum atomic E-state index is 5.86. The molecule has 1 aliphatic rings. The lowest BCUT2D eigenvalue weighted by Gasteiger charge is -2.11. The van der Waals surface area contributed by atoms with E-state index in [1.807, 2.05) is 43.3 Å². The molecular formula is C21H28N4O2. The SMILES string of the molecule is CCNC(=NCc1ccc(Oc2ccccc2OCC)nc1)NC1CC1C. The maximum Gasteiger partial charge on any atom is 0.219 e. The number of aromatic nitrogens is 1. The van der Waals surface area contributed by atoms with Gasteiger partial charge in [0.2, 0.25) is 5.88 Å². The van der Waals surface area contributed by atoms with Crippen LogP contribution in [0.1, 0.15) is 32.8 Å². The molecule has 0 amide bonds. The van der Waals surface area contributed by atoms with Gasteiger partial charge in [0.05, 0.1) is 13.2 Å². The normalized spacial score (nSPS) is 18.7. The standard InChI is InChI=1S/C21H28N4O2/c1-4-22-21(25-17-12-15(17)3)24-14-16-10-11-20(23-13-16)27-19-9-7-6-8-18(19)26-5-2/h6-11,13,15,17H,4-5,12,14H2,1-3H3,(H2,22,24,25). The molecule has 0 radical (unpaired) electrons. The van der Waals surface area contributed by atoms with E-state index in [2.05, 4.69) is 34.5 Å². The highest BCUT2D eigenvalue weighted by Crippen LogP contribution is 2.30. The molecule has 3 rings (SSSR count). The van der Waals surface area contributed by atoms with Crippen molar-refractivity contribution in [1.82, 2.24) is 15.6 Å². The van der Waals surface area contributed by atoms with Crippen molar-refractivity contribution in [2.45, 2.75) is 39.8 Å². The first kappa shape index (κ1) is 19.0. The van der Waals surface area contributed by atoms with Gasteiger partial charge in [-0.2, -0.15) is 0 Å². The average molecular weight is 368 g/mol. The predicted molar refractivity (Wildman–Crippen MR) is 107 cm³/mol. The van der Waals surface area contributed by atoms with Crippen molar-refractivity contribution < 1.29 is 9.47 Å². The maximum absolute atomic E-state index is 5.86. The second-order valence-electron chi connectivity index (χ2n) is 6.65. The van der Waals surface area contributed by atoms with Gasteiger partial charge in [0, 0.05) is 24.8 Å². The molecule has 0 aliphatic heterocycles. The Hall–Kier alpha value is -2.76. The highest BCUT2D eigenvalue weighted by atomic mass is 16.5. The van der Waals surface area contributed by atoms with Crippen LogP contribution in [0.15, 0.2) is 47.6 Å². The quantitative estimate of drug-likeness (QED) is 0.549. The summed E-state index contributed by atoms with van der Waals surface area (Å²) in [6.07, 6.45) is 3.01. The van der Waals surface area contributed by atoms with Gasteiger partial charge in [-0.3, -0.25) is 0 Å². The Balaban J connectivity index is 1.60. The lowest BCUT2D eigenvalue weighted by atomic mass is 10.3. The Morgan fingerprint density at radius 3 is 2.59 bits per heavy atom.